The molecule has 2 heterocycles. The van der Waals surface area contributed by atoms with Crippen LogP contribution in [0.2, 0.25) is 0 Å². The topological polar surface area (TPSA) is 54.8 Å². The van der Waals surface area contributed by atoms with Crippen LogP contribution in [-0.2, 0) is 5.41 Å². The molecule has 41 heavy (non-hydrogen) atoms. The first kappa shape index (κ1) is 22.6. The van der Waals surface area contributed by atoms with E-state index in [1.807, 2.05) is 12.1 Å². The van der Waals surface area contributed by atoms with Crippen molar-refractivity contribution < 1.29 is 0 Å². The average Bonchev–Trinajstić information content (AvgIpc) is 3.52. The lowest BCUT2D eigenvalue weighted by atomic mass is 9.63. The number of nitrogens with two attached hydrogens (primary N) is 1. The van der Waals surface area contributed by atoms with Crippen LogP contribution in [0.5, 0.6) is 0 Å². The Bertz CT molecular complexity index is 2170. The van der Waals surface area contributed by atoms with E-state index in [0.717, 1.165) is 24.0 Å². The molecule has 3 heteroatoms. The number of rotatable bonds is 2. The first-order valence-corrected chi connectivity index (χ1v) is 14.3. The molecule has 5 aromatic carbocycles. The second-order valence-corrected chi connectivity index (χ2v) is 11.4. The summed E-state index contributed by atoms with van der Waals surface area (Å²) in [7, 11) is 0. The van der Waals surface area contributed by atoms with Crippen molar-refractivity contribution in [1.29, 1.82) is 5.41 Å². The quantitative estimate of drug-likeness (QED) is 0.173. The van der Waals surface area contributed by atoms with Gasteiger partial charge >= 0.3 is 0 Å². The highest BCUT2D eigenvalue weighted by atomic mass is 15.0. The number of allylic oxidation sites excluding steroid dienone is 4. The highest BCUT2D eigenvalue weighted by molar-refractivity contribution is 6.13. The Hall–Kier alpha value is -5.15. The van der Waals surface area contributed by atoms with Crippen LogP contribution in [0.25, 0.3) is 44.2 Å². The molecule has 0 saturated heterocycles. The van der Waals surface area contributed by atoms with E-state index < -0.39 is 0 Å². The molecular weight excluding hydrogens is 498 g/mol. The Labute approximate surface area is 238 Å². The summed E-state index contributed by atoms with van der Waals surface area (Å²) in [5.41, 5.74) is 20.6. The number of benzene rings is 5. The summed E-state index contributed by atoms with van der Waals surface area (Å²) >= 11 is 0. The van der Waals surface area contributed by atoms with Gasteiger partial charge in [0.1, 0.15) is 5.84 Å². The van der Waals surface area contributed by atoms with Gasteiger partial charge in [-0.05, 0) is 75.6 Å². The van der Waals surface area contributed by atoms with E-state index in [4.69, 9.17) is 11.1 Å². The Morgan fingerprint density at radius 3 is 2.37 bits per heavy atom. The number of hydrogen-bond donors (Lipinski definition) is 2. The standard InChI is InChI=1S/C38H27N3/c39-37(40)24-18-16-23(17-19-24)25-20-21-35-33(22-25)38(30-12-4-1-8-26(30)27-9-2-5-13-31(27)38)32-14-7-11-29-28-10-3-6-15-34(28)41(35)36(29)32/h1-4,6-12,14-22H,5,13H2,(H3,39,40). The van der Waals surface area contributed by atoms with Crippen LogP contribution in [-0.4, -0.2) is 10.4 Å². The fourth-order valence-electron chi connectivity index (χ4n) is 7.90. The van der Waals surface area contributed by atoms with Gasteiger partial charge in [0.05, 0.1) is 22.1 Å². The van der Waals surface area contributed by atoms with Gasteiger partial charge in [-0.25, -0.2) is 0 Å². The molecule has 1 aliphatic heterocycles. The lowest BCUT2D eigenvalue weighted by molar-refractivity contribution is 0.685. The van der Waals surface area contributed by atoms with Gasteiger partial charge in [-0.15, -0.1) is 0 Å². The Balaban J connectivity index is 1.46. The highest BCUT2D eigenvalue weighted by Gasteiger charge is 2.51. The van der Waals surface area contributed by atoms with Crippen molar-refractivity contribution in [2.24, 2.45) is 5.73 Å². The summed E-state index contributed by atoms with van der Waals surface area (Å²) < 4.78 is 2.50. The summed E-state index contributed by atoms with van der Waals surface area (Å²) in [6.45, 7) is 0. The molecule has 1 spiro atoms. The lowest BCUT2D eigenvalue weighted by Crippen LogP contribution is -2.35. The van der Waals surface area contributed by atoms with Crippen molar-refractivity contribution in [3.05, 3.63) is 155 Å². The van der Waals surface area contributed by atoms with E-state index in [1.54, 1.807) is 0 Å². The summed E-state index contributed by atoms with van der Waals surface area (Å²) in [5, 5.41) is 10.4. The number of fused-ring (bicyclic) bond motifs is 11. The number of amidine groups is 1. The molecule has 0 amide bonds. The van der Waals surface area contributed by atoms with Crippen LogP contribution in [0.15, 0.2) is 127 Å². The molecule has 1 unspecified atom stereocenters. The molecule has 6 aromatic rings. The third-order valence-corrected chi connectivity index (χ3v) is 9.51. The molecule has 9 rings (SSSR count). The van der Waals surface area contributed by atoms with Crippen molar-refractivity contribution in [2.45, 2.75) is 18.3 Å². The zero-order chi connectivity index (χ0) is 27.3. The van der Waals surface area contributed by atoms with E-state index in [9.17, 15) is 0 Å². The molecule has 0 saturated carbocycles. The van der Waals surface area contributed by atoms with Gasteiger partial charge in [0.25, 0.3) is 0 Å². The molecule has 1 aromatic heterocycles. The van der Waals surface area contributed by atoms with Gasteiger partial charge in [-0.3, -0.25) is 5.41 Å². The van der Waals surface area contributed by atoms with Crippen LogP contribution >= 0.6 is 0 Å². The maximum absolute atomic E-state index is 7.84. The van der Waals surface area contributed by atoms with Gasteiger partial charge in [0.2, 0.25) is 0 Å². The monoisotopic (exact) mass is 525 g/mol. The normalized spacial score (nSPS) is 18.1. The number of hydrogen-bond acceptors (Lipinski definition) is 1. The van der Waals surface area contributed by atoms with Crippen LogP contribution in [0.1, 0.15) is 40.7 Å². The number of nitrogen functional groups attached to an aromatic ring is 1. The summed E-state index contributed by atoms with van der Waals surface area (Å²) in [6, 6.07) is 39.9. The molecule has 194 valence electrons. The van der Waals surface area contributed by atoms with Gasteiger partial charge in [-0.2, -0.15) is 0 Å². The summed E-state index contributed by atoms with van der Waals surface area (Å²) in [4.78, 5) is 0. The number of nitrogens with one attached hydrogen (secondary N) is 1. The van der Waals surface area contributed by atoms with E-state index in [-0.39, 0.29) is 11.3 Å². The van der Waals surface area contributed by atoms with Crippen molar-refractivity contribution in [2.75, 3.05) is 0 Å². The summed E-state index contributed by atoms with van der Waals surface area (Å²) in [6.07, 6.45) is 6.78. The minimum absolute atomic E-state index is 0.0911. The second kappa shape index (κ2) is 7.96. The minimum atomic E-state index is -0.370. The molecule has 3 aliphatic rings. The van der Waals surface area contributed by atoms with Crippen molar-refractivity contribution >= 4 is 33.2 Å². The Morgan fingerprint density at radius 1 is 0.732 bits per heavy atom. The third-order valence-electron chi connectivity index (χ3n) is 9.51. The van der Waals surface area contributed by atoms with Gasteiger partial charge in [-0.1, -0.05) is 103 Å². The lowest BCUT2D eigenvalue weighted by Gasteiger charge is -2.41. The van der Waals surface area contributed by atoms with E-state index in [0.29, 0.717) is 0 Å². The Kier molecular flexibility index (Phi) is 4.39. The van der Waals surface area contributed by atoms with Crippen LogP contribution < -0.4 is 5.73 Å². The smallest absolute Gasteiger partial charge is 0.122 e. The molecule has 0 radical (unpaired) electrons. The van der Waals surface area contributed by atoms with E-state index in [1.165, 1.54) is 66.5 Å². The van der Waals surface area contributed by atoms with Gasteiger partial charge in [0, 0.05) is 16.3 Å². The highest BCUT2D eigenvalue weighted by Crippen LogP contribution is 2.62. The molecule has 3 N–H and O–H groups in total. The molecule has 1 atom stereocenters. The summed E-state index contributed by atoms with van der Waals surface area (Å²) in [5.74, 6) is 0.0911. The maximum atomic E-state index is 7.84. The van der Waals surface area contributed by atoms with E-state index >= 15 is 0 Å². The molecule has 0 bridgehead atoms. The fraction of sp³-hybridized carbons (Fsp3) is 0.0789. The molecule has 3 nitrogen and oxygen atoms in total. The predicted molar refractivity (Wildman–Crippen MR) is 169 cm³/mol. The fourth-order valence-corrected chi connectivity index (χ4v) is 7.90. The molecule has 2 aliphatic carbocycles. The predicted octanol–water partition coefficient (Wildman–Crippen LogP) is 8.50. The zero-order valence-electron chi connectivity index (χ0n) is 22.5. The number of nitrogens with zero attached hydrogens (tertiary/aromatic N) is 1. The first-order valence-electron chi connectivity index (χ1n) is 14.3. The zero-order valence-corrected chi connectivity index (χ0v) is 22.5. The third kappa shape index (κ3) is 2.75. The van der Waals surface area contributed by atoms with E-state index in [2.05, 4.69) is 114 Å². The van der Waals surface area contributed by atoms with Crippen LogP contribution in [0, 0.1) is 5.41 Å². The van der Waals surface area contributed by atoms with Crippen molar-refractivity contribution in [1.82, 2.24) is 4.57 Å². The number of aromatic nitrogens is 1. The Morgan fingerprint density at radius 2 is 1.49 bits per heavy atom. The minimum Gasteiger partial charge on any atom is -0.384 e. The average molecular weight is 526 g/mol. The van der Waals surface area contributed by atoms with Crippen LogP contribution in [0.3, 0.4) is 0 Å². The molecule has 0 fully saturated rings. The SMILES string of the molecule is N=C(N)c1ccc(-c2ccc3c(c2)C2(C4=C(C=CCC4)c4ccccc42)c2cccc4c5ccccc5n-3c24)cc1. The maximum Gasteiger partial charge on any atom is 0.122 e. The van der Waals surface area contributed by atoms with Crippen molar-refractivity contribution in [3.63, 3.8) is 0 Å². The first-order chi connectivity index (χ1) is 20.2. The largest absolute Gasteiger partial charge is 0.384 e. The molecular formula is C38H27N3. The van der Waals surface area contributed by atoms with Gasteiger partial charge in [0.15, 0.2) is 0 Å². The van der Waals surface area contributed by atoms with Gasteiger partial charge < -0.3 is 10.3 Å². The second-order valence-electron chi connectivity index (χ2n) is 11.4. The van der Waals surface area contributed by atoms with Crippen LogP contribution in [0.4, 0.5) is 0 Å². The number of para-hydroxylation sites is 2. The van der Waals surface area contributed by atoms with Crippen molar-refractivity contribution in [3.8, 4) is 16.8 Å².